The van der Waals surface area contributed by atoms with Gasteiger partial charge in [-0.3, -0.25) is 0 Å². The summed E-state index contributed by atoms with van der Waals surface area (Å²) in [5, 5.41) is 3.38. The first-order chi connectivity index (χ1) is 8.29. The van der Waals surface area contributed by atoms with Gasteiger partial charge < -0.3 is 10.2 Å². The van der Waals surface area contributed by atoms with Crippen LogP contribution >= 0.6 is 0 Å². The summed E-state index contributed by atoms with van der Waals surface area (Å²) >= 11 is 0. The van der Waals surface area contributed by atoms with Crippen LogP contribution in [0, 0.1) is 17.7 Å². The van der Waals surface area contributed by atoms with E-state index in [0.717, 1.165) is 26.2 Å². The van der Waals surface area contributed by atoms with Crippen LogP contribution in [0.3, 0.4) is 0 Å². The molecule has 0 aliphatic carbocycles. The SMILES string of the molecule is CCc1ncnc(N2CC3CNCC3C2)c1F. The maximum atomic E-state index is 14.1. The van der Waals surface area contributed by atoms with E-state index in [-0.39, 0.29) is 5.82 Å². The molecule has 2 aliphatic heterocycles. The van der Waals surface area contributed by atoms with Crippen molar-refractivity contribution < 1.29 is 4.39 Å². The number of rotatable bonds is 2. The standard InChI is InChI=1S/C12H17FN4/c1-2-10-11(13)12(16-7-15-10)17-5-8-3-14-4-9(8)6-17/h7-9,14H,2-6H2,1H3. The first kappa shape index (κ1) is 10.9. The minimum absolute atomic E-state index is 0.233. The van der Waals surface area contributed by atoms with E-state index in [9.17, 15) is 4.39 Å². The van der Waals surface area contributed by atoms with Crippen LogP contribution in [0.25, 0.3) is 0 Å². The third-order valence-electron chi connectivity index (χ3n) is 3.87. The molecule has 0 radical (unpaired) electrons. The largest absolute Gasteiger partial charge is 0.353 e. The summed E-state index contributed by atoms with van der Waals surface area (Å²) in [6.45, 7) is 5.84. The molecule has 2 saturated heterocycles. The fraction of sp³-hybridized carbons (Fsp3) is 0.667. The van der Waals surface area contributed by atoms with E-state index in [1.54, 1.807) is 0 Å². The van der Waals surface area contributed by atoms with Crippen LogP contribution in [-0.4, -0.2) is 36.1 Å². The summed E-state index contributed by atoms with van der Waals surface area (Å²) in [6.07, 6.45) is 2.09. The Bertz CT molecular complexity index is 411. The molecule has 3 heterocycles. The first-order valence-electron chi connectivity index (χ1n) is 6.24. The van der Waals surface area contributed by atoms with Crippen molar-refractivity contribution in [3.05, 3.63) is 17.8 Å². The van der Waals surface area contributed by atoms with Crippen molar-refractivity contribution in [1.82, 2.24) is 15.3 Å². The summed E-state index contributed by atoms with van der Waals surface area (Å²) in [4.78, 5) is 10.2. The zero-order chi connectivity index (χ0) is 11.8. The van der Waals surface area contributed by atoms with Crippen molar-refractivity contribution in [1.29, 1.82) is 0 Å². The van der Waals surface area contributed by atoms with Crippen molar-refractivity contribution in [2.75, 3.05) is 31.1 Å². The highest BCUT2D eigenvalue weighted by atomic mass is 19.1. The monoisotopic (exact) mass is 236 g/mol. The average Bonchev–Trinajstić information content (AvgIpc) is 2.89. The normalized spacial score (nSPS) is 27.5. The number of halogens is 1. The summed E-state index contributed by atoms with van der Waals surface area (Å²) in [6, 6.07) is 0. The molecule has 1 aromatic heterocycles. The van der Waals surface area contributed by atoms with Crippen molar-refractivity contribution >= 4 is 5.82 Å². The Kier molecular flexibility index (Phi) is 2.70. The predicted octanol–water partition coefficient (Wildman–Crippen LogP) is 0.834. The van der Waals surface area contributed by atoms with Gasteiger partial charge in [-0.1, -0.05) is 6.92 Å². The van der Waals surface area contributed by atoms with Gasteiger partial charge in [-0.05, 0) is 18.3 Å². The highest BCUT2D eigenvalue weighted by Gasteiger charge is 2.37. The molecule has 1 N–H and O–H groups in total. The number of anilines is 1. The molecule has 0 saturated carbocycles. The molecule has 0 bridgehead atoms. The molecule has 0 aromatic carbocycles. The lowest BCUT2D eigenvalue weighted by Crippen LogP contribution is -2.27. The number of nitrogens with zero attached hydrogens (tertiary/aromatic N) is 3. The molecule has 2 fully saturated rings. The van der Waals surface area contributed by atoms with Gasteiger partial charge in [0.1, 0.15) is 6.33 Å². The molecule has 0 spiro atoms. The van der Waals surface area contributed by atoms with Gasteiger partial charge in [0.15, 0.2) is 11.6 Å². The molecule has 5 heteroatoms. The lowest BCUT2D eigenvalue weighted by atomic mass is 10.0. The van der Waals surface area contributed by atoms with Crippen LogP contribution in [-0.2, 0) is 6.42 Å². The van der Waals surface area contributed by atoms with Gasteiger partial charge in [-0.15, -0.1) is 0 Å². The van der Waals surface area contributed by atoms with Gasteiger partial charge in [0.05, 0.1) is 5.69 Å². The predicted molar refractivity (Wildman–Crippen MR) is 63.4 cm³/mol. The van der Waals surface area contributed by atoms with Gasteiger partial charge in [0.25, 0.3) is 0 Å². The molecule has 2 unspecified atom stereocenters. The summed E-state index contributed by atoms with van der Waals surface area (Å²) < 4.78 is 14.1. The third kappa shape index (κ3) is 1.78. The van der Waals surface area contributed by atoms with E-state index in [2.05, 4.69) is 20.2 Å². The lowest BCUT2D eigenvalue weighted by molar-refractivity contribution is 0.533. The van der Waals surface area contributed by atoms with E-state index in [4.69, 9.17) is 0 Å². The molecule has 92 valence electrons. The number of nitrogens with one attached hydrogen (secondary N) is 1. The van der Waals surface area contributed by atoms with Gasteiger partial charge in [0, 0.05) is 26.2 Å². The number of aryl methyl sites for hydroxylation is 1. The van der Waals surface area contributed by atoms with Crippen LogP contribution in [0.15, 0.2) is 6.33 Å². The zero-order valence-corrected chi connectivity index (χ0v) is 9.99. The molecule has 2 atom stereocenters. The quantitative estimate of drug-likeness (QED) is 0.826. The second-order valence-electron chi connectivity index (χ2n) is 4.89. The average molecular weight is 236 g/mol. The minimum atomic E-state index is -0.233. The second-order valence-corrected chi connectivity index (χ2v) is 4.89. The molecule has 1 aromatic rings. The van der Waals surface area contributed by atoms with Crippen LogP contribution in [0.5, 0.6) is 0 Å². The van der Waals surface area contributed by atoms with Crippen molar-refractivity contribution in [2.24, 2.45) is 11.8 Å². The number of aromatic nitrogens is 2. The number of hydrogen-bond donors (Lipinski definition) is 1. The van der Waals surface area contributed by atoms with E-state index in [1.165, 1.54) is 6.33 Å². The van der Waals surface area contributed by atoms with Gasteiger partial charge in [0.2, 0.25) is 0 Å². The molecule has 17 heavy (non-hydrogen) atoms. The van der Waals surface area contributed by atoms with E-state index in [0.29, 0.717) is 29.8 Å². The molecular formula is C12H17FN4. The van der Waals surface area contributed by atoms with Crippen LogP contribution in [0.1, 0.15) is 12.6 Å². The van der Waals surface area contributed by atoms with Crippen LogP contribution in [0.2, 0.25) is 0 Å². The summed E-state index contributed by atoms with van der Waals surface area (Å²) in [5.74, 6) is 1.55. The topological polar surface area (TPSA) is 41.1 Å². The highest BCUT2D eigenvalue weighted by Crippen LogP contribution is 2.30. The highest BCUT2D eigenvalue weighted by molar-refractivity contribution is 5.42. The van der Waals surface area contributed by atoms with Crippen molar-refractivity contribution in [3.8, 4) is 0 Å². The smallest absolute Gasteiger partial charge is 0.187 e. The molecule has 4 nitrogen and oxygen atoms in total. The maximum absolute atomic E-state index is 14.1. The molecule has 3 rings (SSSR count). The van der Waals surface area contributed by atoms with E-state index in [1.807, 2.05) is 6.92 Å². The van der Waals surface area contributed by atoms with E-state index < -0.39 is 0 Å². The van der Waals surface area contributed by atoms with E-state index >= 15 is 0 Å². The zero-order valence-electron chi connectivity index (χ0n) is 9.99. The third-order valence-corrected chi connectivity index (χ3v) is 3.87. The second kappa shape index (κ2) is 4.22. The summed E-state index contributed by atoms with van der Waals surface area (Å²) in [5.41, 5.74) is 0.519. The van der Waals surface area contributed by atoms with Crippen LogP contribution < -0.4 is 10.2 Å². The van der Waals surface area contributed by atoms with Crippen molar-refractivity contribution in [3.63, 3.8) is 0 Å². The van der Waals surface area contributed by atoms with Gasteiger partial charge in [-0.25, -0.2) is 14.4 Å². The minimum Gasteiger partial charge on any atom is -0.353 e. The Balaban J connectivity index is 1.85. The fourth-order valence-electron chi connectivity index (χ4n) is 2.89. The molecular weight excluding hydrogens is 219 g/mol. The molecule has 0 amide bonds. The number of hydrogen-bond acceptors (Lipinski definition) is 4. The number of fused-ring (bicyclic) bond motifs is 1. The fourth-order valence-corrected chi connectivity index (χ4v) is 2.89. The Labute approximate surface area is 100 Å². The van der Waals surface area contributed by atoms with Gasteiger partial charge in [-0.2, -0.15) is 0 Å². The first-order valence-corrected chi connectivity index (χ1v) is 6.24. The van der Waals surface area contributed by atoms with Crippen LogP contribution in [0.4, 0.5) is 10.2 Å². The Hall–Kier alpha value is -1.23. The Morgan fingerprint density at radius 2 is 2.06 bits per heavy atom. The molecule has 2 aliphatic rings. The maximum Gasteiger partial charge on any atom is 0.187 e. The summed E-state index contributed by atoms with van der Waals surface area (Å²) in [7, 11) is 0. The Morgan fingerprint density at radius 3 is 2.71 bits per heavy atom. The van der Waals surface area contributed by atoms with Gasteiger partial charge >= 0.3 is 0 Å². The lowest BCUT2D eigenvalue weighted by Gasteiger charge is -2.19. The Morgan fingerprint density at radius 1 is 1.35 bits per heavy atom. The van der Waals surface area contributed by atoms with Crippen molar-refractivity contribution in [2.45, 2.75) is 13.3 Å².